The zero-order valence-electron chi connectivity index (χ0n) is 12.3. The fraction of sp³-hybridized carbons (Fsp3) is 0.625. The second kappa shape index (κ2) is 7.28. The molecule has 1 rings (SSSR count). The zero-order valence-corrected chi connectivity index (χ0v) is 13.0. The van der Waals surface area contributed by atoms with Crippen molar-refractivity contribution in [2.75, 3.05) is 0 Å². The standard InChI is InChI=1S/C16H25ClO2/c1-5-6-15(18)16(19)9-12(4)13-7-10(2)11(3)8-14(13)17/h7-8,12,15-16,18-19H,5-6,9H2,1-4H3. The summed E-state index contributed by atoms with van der Waals surface area (Å²) in [6.07, 6.45) is 0.708. The third-order valence-corrected chi connectivity index (χ3v) is 4.09. The first-order valence-corrected chi connectivity index (χ1v) is 7.37. The average Bonchev–Trinajstić information content (AvgIpc) is 2.33. The van der Waals surface area contributed by atoms with Gasteiger partial charge in [0.1, 0.15) is 0 Å². The number of aliphatic hydroxyl groups is 2. The number of hydrogen-bond acceptors (Lipinski definition) is 2. The lowest BCUT2D eigenvalue weighted by atomic mass is 9.90. The molecule has 0 aromatic heterocycles. The fourth-order valence-corrected chi connectivity index (χ4v) is 2.72. The number of rotatable bonds is 6. The van der Waals surface area contributed by atoms with Gasteiger partial charge in [0, 0.05) is 5.02 Å². The molecule has 0 heterocycles. The van der Waals surface area contributed by atoms with Gasteiger partial charge in [-0.05, 0) is 55.4 Å². The highest BCUT2D eigenvalue weighted by atomic mass is 35.5. The minimum absolute atomic E-state index is 0.133. The number of hydrogen-bond donors (Lipinski definition) is 2. The minimum Gasteiger partial charge on any atom is -0.390 e. The van der Waals surface area contributed by atoms with Gasteiger partial charge < -0.3 is 10.2 Å². The summed E-state index contributed by atoms with van der Waals surface area (Å²) >= 11 is 6.28. The van der Waals surface area contributed by atoms with Crippen LogP contribution in [0.15, 0.2) is 12.1 Å². The van der Waals surface area contributed by atoms with Gasteiger partial charge in [0.25, 0.3) is 0 Å². The molecule has 1 aromatic rings. The summed E-state index contributed by atoms with van der Waals surface area (Å²) in [6, 6.07) is 4.05. The molecule has 3 heteroatoms. The van der Waals surface area contributed by atoms with Crippen LogP contribution in [-0.2, 0) is 0 Å². The van der Waals surface area contributed by atoms with Crippen molar-refractivity contribution >= 4 is 11.6 Å². The Labute approximate surface area is 121 Å². The lowest BCUT2D eigenvalue weighted by Gasteiger charge is -2.22. The van der Waals surface area contributed by atoms with Crippen molar-refractivity contribution in [3.8, 4) is 0 Å². The molecule has 3 atom stereocenters. The molecule has 0 radical (unpaired) electrons. The van der Waals surface area contributed by atoms with E-state index >= 15 is 0 Å². The second-order valence-corrected chi connectivity index (χ2v) is 5.93. The second-order valence-electron chi connectivity index (χ2n) is 5.52. The van der Waals surface area contributed by atoms with Gasteiger partial charge in [0.15, 0.2) is 0 Å². The highest BCUT2D eigenvalue weighted by molar-refractivity contribution is 6.31. The van der Waals surface area contributed by atoms with E-state index in [1.807, 2.05) is 26.8 Å². The minimum atomic E-state index is -0.687. The normalized spacial score (nSPS) is 16.2. The monoisotopic (exact) mass is 284 g/mol. The first kappa shape index (κ1) is 16.5. The van der Waals surface area contributed by atoms with Crippen molar-refractivity contribution in [3.05, 3.63) is 33.8 Å². The molecule has 0 aliphatic heterocycles. The fourth-order valence-electron chi connectivity index (χ4n) is 2.32. The van der Waals surface area contributed by atoms with Gasteiger partial charge in [-0.15, -0.1) is 0 Å². The van der Waals surface area contributed by atoms with Crippen LogP contribution in [0.3, 0.4) is 0 Å². The van der Waals surface area contributed by atoms with E-state index in [9.17, 15) is 10.2 Å². The van der Waals surface area contributed by atoms with Crippen LogP contribution in [0, 0.1) is 13.8 Å². The average molecular weight is 285 g/mol. The molecule has 2 nitrogen and oxygen atoms in total. The lowest BCUT2D eigenvalue weighted by Crippen LogP contribution is -2.27. The van der Waals surface area contributed by atoms with E-state index in [1.165, 1.54) is 11.1 Å². The highest BCUT2D eigenvalue weighted by Gasteiger charge is 2.20. The van der Waals surface area contributed by atoms with Crippen LogP contribution in [-0.4, -0.2) is 22.4 Å². The number of aliphatic hydroxyl groups excluding tert-OH is 2. The Hall–Kier alpha value is -0.570. The summed E-state index contributed by atoms with van der Waals surface area (Å²) < 4.78 is 0. The molecule has 0 bridgehead atoms. The maximum atomic E-state index is 10.0. The Morgan fingerprint density at radius 2 is 1.68 bits per heavy atom. The Morgan fingerprint density at radius 3 is 2.26 bits per heavy atom. The molecule has 0 aliphatic rings. The Kier molecular flexibility index (Phi) is 6.31. The summed E-state index contributed by atoms with van der Waals surface area (Å²) in [7, 11) is 0. The maximum absolute atomic E-state index is 10.0. The molecule has 108 valence electrons. The van der Waals surface area contributed by atoms with E-state index in [4.69, 9.17) is 11.6 Å². The topological polar surface area (TPSA) is 40.5 Å². The van der Waals surface area contributed by atoms with Crippen molar-refractivity contribution < 1.29 is 10.2 Å². The SMILES string of the molecule is CCCC(O)C(O)CC(C)c1cc(C)c(C)cc1Cl. The third kappa shape index (κ3) is 4.48. The van der Waals surface area contributed by atoms with Crippen molar-refractivity contribution in [1.29, 1.82) is 0 Å². The quantitative estimate of drug-likeness (QED) is 0.830. The summed E-state index contributed by atoms with van der Waals surface area (Å²) in [5.74, 6) is 0.133. The molecule has 0 saturated heterocycles. The van der Waals surface area contributed by atoms with Crippen molar-refractivity contribution in [3.63, 3.8) is 0 Å². The summed E-state index contributed by atoms with van der Waals surface area (Å²) in [6.45, 7) is 8.14. The largest absolute Gasteiger partial charge is 0.390 e. The number of halogens is 1. The molecule has 0 saturated carbocycles. The summed E-state index contributed by atoms with van der Waals surface area (Å²) in [5, 5.41) is 20.5. The molecular weight excluding hydrogens is 260 g/mol. The van der Waals surface area contributed by atoms with Crippen LogP contribution in [0.2, 0.25) is 5.02 Å². The van der Waals surface area contributed by atoms with Crippen LogP contribution in [0.5, 0.6) is 0 Å². The third-order valence-electron chi connectivity index (χ3n) is 3.77. The van der Waals surface area contributed by atoms with Gasteiger partial charge in [-0.1, -0.05) is 37.9 Å². The van der Waals surface area contributed by atoms with E-state index in [0.29, 0.717) is 12.8 Å². The Balaban J connectivity index is 2.78. The molecule has 0 spiro atoms. The van der Waals surface area contributed by atoms with Crippen LogP contribution >= 0.6 is 11.6 Å². The zero-order chi connectivity index (χ0) is 14.6. The summed E-state index contributed by atoms with van der Waals surface area (Å²) in [5.41, 5.74) is 3.43. The molecule has 19 heavy (non-hydrogen) atoms. The predicted molar refractivity (Wildman–Crippen MR) is 80.9 cm³/mol. The van der Waals surface area contributed by atoms with Gasteiger partial charge >= 0.3 is 0 Å². The van der Waals surface area contributed by atoms with Crippen LogP contribution in [0.4, 0.5) is 0 Å². The molecule has 1 aromatic carbocycles. The molecule has 0 aliphatic carbocycles. The van der Waals surface area contributed by atoms with Gasteiger partial charge in [-0.25, -0.2) is 0 Å². The smallest absolute Gasteiger partial charge is 0.0804 e. The number of aryl methyl sites for hydroxylation is 2. The van der Waals surface area contributed by atoms with E-state index in [0.717, 1.165) is 17.0 Å². The van der Waals surface area contributed by atoms with Gasteiger partial charge in [0.2, 0.25) is 0 Å². The van der Waals surface area contributed by atoms with E-state index in [2.05, 4.69) is 13.0 Å². The van der Waals surface area contributed by atoms with E-state index < -0.39 is 12.2 Å². The van der Waals surface area contributed by atoms with Crippen molar-refractivity contribution in [2.24, 2.45) is 0 Å². The highest BCUT2D eigenvalue weighted by Crippen LogP contribution is 2.31. The molecule has 0 amide bonds. The first-order valence-electron chi connectivity index (χ1n) is 6.99. The van der Waals surface area contributed by atoms with Gasteiger partial charge in [0.05, 0.1) is 12.2 Å². The predicted octanol–water partition coefficient (Wildman–Crippen LogP) is 3.97. The molecular formula is C16H25ClO2. The van der Waals surface area contributed by atoms with Crippen molar-refractivity contribution in [1.82, 2.24) is 0 Å². The maximum Gasteiger partial charge on any atom is 0.0804 e. The van der Waals surface area contributed by atoms with E-state index in [-0.39, 0.29) is 5.92 Å². The first-order chi connectivity index (χ1) is 8.86. The molecule has 2 N–H and O–H groups in total. The Morgan fingerprint density at radius 1 is 1.11 bits per heavy atom. The molecule has 3 unspecified atom stereocenters. The van der Waals surface area contributed by atoms with Gasteiger partial charge in [-0.3, -0.25) is 0 Å². The van der Waals surface area contributed by atoms with E-state index in [1.54, 1.807) is 0 Å². The van der Waals surface area contributed by atoms with Gasteiger partial charge in [-0.2, -0.15) is 0 Å². The van der Waals surface area contributed by atoms with Crippen LogP contribution in [0.1, 0.15) is 55.7 Å². The van der Waals surface area contributed by atoms with Crippen LogP contribution < -0.4 is 0 Å². The number of benzene rings is 1. The Bertz CT molecular complexity index is 417. The van der Waals surface area contributed by atoms with Crippen molar-refractivity contribution in [2.45, 2.75) is 65.1 Å². The summed E-state index contributed by atoms with van der Waals surface area (Å²) in [4.78, 5) is 0. The lowest BCUT2D eigenvalue weighted by molar-refractivity contribution is 0.00638. The van der Waals surface area contributed by atoms with Crippen LogP contribution in [0.25, 0.3) is 0 Å². The molecule has 0 fully saturated rings.